The highest BCUT2D eigenvalue weighted by Gasteiger charge is 2.31. The number of benzene rings is 1. The standard InChI is InChI=1S/C16H22N2O2S.ClH/c19-16(15-11-20-9-7-17-15)18-8-6-13(10-18)12-21-14-4-2-1-3-5-14;/h1-5,13,15,17H,6-12H2;1H. The zero-order valence-electron chi connectivity index (χ0n) is 12.6. The summed E-state index contributed by atoms with van der Waals surface area (Å²) in [6, 6.07) is 10.3. The molecule has 1 N–H and O–H groups in total. The summed E-state index contributed by atoms with van der Waals surface area (Å²) in [5, 5.41) is 3.25. The summed E-state index contributed by atoms with van der Waals surface area (Å²) in [6.07, 6.45) is 1.11. The predicted molar refractivity (Wildman–Crippen MR) is 91.7 cm³/mol. The first-order chi connectivity index (χ1) is 10.3. The smallest absolute Gasteiger partial charge is 0.242 e. The Morgan fingerprint density at radius 2 is 2.18 bits per heavy atom. The number of carbonyl (C=O) groups excluding carboxylic acids is 1. The van der Waals surface area contributed by atoms with Crippen LogP contribution in [-0.2, 0) is 9.53 Å². The van der Waals surface area contributed by atoms with Crippen LogP contribution in [0.2, 0.25) is 0 Å². The van der Waals surface area contributed by atoms with Gasteiger partial charge in [-0.05, 0) is 24.5 Å². The second-order valence-corrected chi connectivity index (χ2v) is 6.74. The number of rotatable bonds is 4. The van der Waals surface area contributed by atoms with Crippen molar-refractivity contribution in [3.05, 3.63) is 30.3 Å². The van der Waals surface area contributed by atoms with Crippen LogP contribution in [0.4, 0.5) is 0 Å². The maximum absolute atomic E-state index is 12.4. The Balaban J connectivity index is 0.00000176. The van der Waals surface area contributed by atoms with Crippen molar-refractivity contribution >= 4 is 30.1 Å². The molecule has 2 aliphatic rings. The van der Waals surface area contributed by atoms with Crippen LogP contribution in [0.25, 0.3) is 0 Å². The van der Waals surface area contributed by atoms with Gasteiger partial charge in [-0.2, -0.15) is 0 Å². The summed E-state index contributed by atoms with van der Waals surface area (Å²) in [5.41, 5.74) is 0. The van der Waals surface area contributed by atoms with E-state index in [1.165, 1.54) is 4.90 Å². The van der Waals surface area contributed by atoms with E-state index in [4.69, 9.17) is 4.74 Å². The average Bonchev–Trinajstić information content (AvgIpc) is 3.03. The van der Waals surface area contributed by atoms with Crippen molar-refractivity contribution in [2.24, 2.45) is 5.92 Å². The molecule has 2 heterocycles. The van der Waals surface area contributed by atoms with Crippen LogP contribution in [0, 0.1) is 5.92 Å². The fourth-order valence-corrected chi connectivity index (χ4v) is 3.89. The second-order valence-electron chi connectivity index (χ2n) is 5.64. The molecule has 3 rings (SSSR count). The lowest BCUT2D eigenvalue weighted by Gasteiger charge is -2.27. The van der Waals surface area contributed by atoms with Crippen LogP contribution in [0.3, 0.4) is 0 Å². The third-order valence-electron chi connectivity index (χ3n) is 4.05. The van der Waals surface area contributed by atoms with E-state index in [1.54, 1.807) is 0 Å². The van der Waals surface area contributed by atoms with E-state index < -0.39 is 0 Å². The van der Waals surface area contributed by atoms with Crippen molar-refractivity contribution in [2.75, 3.05) is 38.6 Å². The number of hydrogen-bond donors (Lipinski definition) is 1. The summed E-state index contributed by atoms with van der Waals surface area (Å²) >= 11 is 1.89. The molecule has 2 atom stereocenters. The van der Waals surface area contributed by atoms with Crippen LogP contribution in [0.15, 0.2) is 35.2 Å². The zero-order chi connectivity index (χ0) is 14.5. The molecular weight excluding hydrogens is 320 g/mol. The highest BCUT2D eigenvalue weighted by atomic mass is 35.5. The minimum absolute atomic E-state index is 0. The Morgan fingerprint density at radius 1 is 1.36 bits per heavy atom. The van der Waals surface area contributed by atoms with Gasteiger partial charge in [0.15, 0.2) is 0 Å². The lowest BCUT2D eigenvalue weighted by Crippen LogP contribution is -2.52. The van der Waals surface area contributed by atoms with E-state index in [0.29, 0.717) is 19.1 Å². The fourth-order valence-electron chi connectivity index (χ4n) is 2.84. The van der Waals surface area contributed by atoms with Crippen molar-refractivity contribution < 1.29 is 9.53 Å². The van der Waals surface area contributed by atoms with Gasteiger partial charge in [-0.3, -0.25) is 4.79 Å². The summed E-state index contributed by atoms with van der Waals surface area (Å²) < 4.78 is 5.38. The van der Waals surface area contributed by atoms with E-state index in [-0.39, 0.29) is 24.4 Å². The van der Waals surface area contributed by atoms with Gasteiger partial charge in [0.25, 0.3) is 0 Å². The lowest BCUT2D eigenvalue weighted by atomic mass is 10.2. The normalized spacial score (nSPS) is 24.8. The van der Waals surface area contributed by atoms with Crippen molar-refractivity contribution in [1.82, 2.24) is 10.2 Å². The van der Waals surface area contributed by atoms with Crippen molar-refractivity contribution in [1.29, 1.82) is 0 Å². The monoisotopic (exact) mass is 342 g/mol. The van der Waals surface area contributed by atoms with Crippen LogP contribution in [0.1, 0.15) is 6.42 Å². The van der Waals surface area contributed by atoms with Gasteiger partial charge in [0.2, 0.25) is 5.91 Å². The van der Waals surface area contributed by atoms with Crippen LogP contribution in [0.5, 0.6) is 0 Å². The van der Waals surface area contributed by atoms with E-state index in [2.05, 4.69) is 29.6 Å². The Kier molecular flexibility index (Phi) is 7.02. The molecule has 0 saturated carbocycles. The van der Waals surface area contributed by atoms with Gasteiger partial charge in [-0.1, -0.05) is 18.2 Å². The first-order valence-electron chi connectivity index (χ1n) is 7.60. The first-order valence-corrected chi connectivity index (χ1v) is 8.59. The molecule has 2 saturated heterocycles. The summed E-state index contributed by atoms with van der Waals surface area (Å²) in [4.78, 5) is 15.7. The number of nitrogens with one attached hydrogen (secondary N) is 1. The number of amides is 1. The largest absolute Gasteiger partial charge is 0.378 e. The summed E-state index contributed by atoms with van der Waals surface area (Å²) in [7, 11) is 0. The van der Waals surface area contributed by atoms with Crippen molar-refractivity contribution in [3.8, 4) is 0 Å². The highest BCUT2D eigenvalue weighted by molar-refractivity contribution is 7.99. The van der Waals surface area contributed by atoms with E-state index in [0.717, 1.165) is 31.8 Å². The molecule has 2 unspecified atom stereocenters. The number of hydrogen-bond acceptors (Lipinski definition) is 4. The van der Waals surface area contributed by atoms with Crippen molar-refractivity contribution in [2.45, 2.75) is 17.4 Å². The summed E-state index contributed by atoms with van der Waals surface area (Å²) in [5.74, 6) is 1.90. The zero-order valence-corrected chi connectivity index (χ0v) is 14.2. The number of morpholine rings is 1. The predicted octanol–water partition coefficient (Wildman–Crippen LogP) is 2.04. The molecule has 22 heavy (non-hydrogen) atoms. The number of thioether (sulfide) groups is 1. The molecule has 122 valence electrons. The third-order valence-corrected chi connectivity index (χ3v) is 5.29. The minimum atomic E-state index is -0.140. The first kappa shape index (κ1) is 17.6. The number of carbonyl (C=O) groups is 1. The van der Waals surface area contributed by atoms with Gasteiger partial charge in [-0.25, -0.2) is 0 Å². The molecule has 0 radical (unpaired) electrons. The Labute approximate surface area is 142 Å². The van der Waals surface area contributed by atoms with Gasteiger partial charge in [0.1, 0.15) is 6.04 Å². The molecule has 1 aromatic carbocycles. The van der Waals surface area contributed by atoms with Crippen molar-refractivity contribution in [3.63, 3.8) is 0 Å². The maximum Gasteiger partial charge on any atom is 0.242 e. The molecule has 6 heteroatoms. The molecule has 2 fully saturated rings. The Bertz CT molecular complexity index is 468. The fraction of sp³-hybridized carbons (Fsp3) is 0.562. The van der Waals surface area contributed by atoms with E-state index in [1.807, 2.05) is 22.7 Å². The van der Waals surface area contributed by atoms with Crippen LogP contribution >= 0.6 is 24.2 Å². The third kappa shape index (κ3) is 4.62. The minimum Gasteiger partial charge on any atom is -0.378 e. The highest BCUT2D eigenvalue weighted by Crippen LogP contribution is 2.26. The quantitative estimate of drug-likeness (QED) is 0.850. The number of ether oxygens (including phenoxy) is 1. The lowest BCUT2D eigenvalue weighted by molar-refractivity contribution is -0.135. The molecule has 0 spiro atoms. The molecule has 0 aliphatic carbocycles. The Hall–Kier alpha value is -0.750. The second kappa shape index (κ2) is 8.77. The number of likely N-dealkylation sites (tertiary alicyclic amines) is 1. The van der Waals surface area contributed by atoms with Gasteiger partial charge in [0.05, 0.1) is 13.2 Å². The summed E-state index contributed by atoms with van der Waals surface area (Å²) in [6.45, 7) is 3.77. The van der Waals surface area contributed by atoms with E-state index >= 15 is 0 Å². The molecule has 2 aliphatic heterocycles. The Morgan fingerprint density at radius 3 is 2.91 bits per heavy atom. The van der Waals surface area contributed by atoms with Gasteiger partial charge in [0, 0.05) is 30.3 Å². The van der Waals surface area contributed by atoms with Crippen LogP contribution in [-0.4, -0.2) is 55.4 Å². The van der Waals surface area contributed by atoms with E-state index in [9.17, 15) is 4.79 Å². The molecule has 4 nitrogen and oxygen atoms in total. The van der Waals surface area contributed by atoms with Gasteiger partial charge >= 0.3 is 0 Å². The van der Waals surface area contributed by atoms with Gasteiger partial charge < -0.3 is 15.0 Å². The molecule has 1 amide bonds. The molecule has 1 aromatic rings. The SMILES string of the molecule is Cl.O=C(C1COCCN1)N1CCC(CSc2ccccc2)C1. The molecular formula is C16H23ClN2O2S. The van der Waals surface area contributed by atoms with Gasteiger partial charge in [-0.15, -0.1) is 24.2 Å². The molecule has 0 aromatic heterocycles. The molecule has 0 bridgehead atoms. The van der Waals surface area contributed by atoms with Crippen LogP contribution < -0.4 is 5.32 Å². The average molecular weight is 343 g/mol. The maximum atomic E-state index is 12.4. The number of halogens is 1. The topological polar surface area (TPSA) is 41.6 Å². The number of nitrogens with zero attached hydrogens (tertiary/aromatic N) is 1.